The zero-order valence-electron chi connectivity index (χ0n) is 8.48. The summed E-state index contributed by atoms with van der Waals surface area (Å²) < 4.78 is 0. The quantitative estimate of drug-likeness (QED) is 0.662. The number of aromatic nitrogens is 2. The predicted molar refractivity (Wildman–Crippen MR) is 54.8 cm³/mol. The molecule has 2 N–H and O–H groups in total. The van der Waals surface area contributed by atoms with Gasteiger partial charge < -0.3 is 10.4 Å². The van der Waals surface area contributed by atoms with Gasteiger partial charge in [-0.05, 0) is 26.3 Å². The molecule has 0 aliphatic heterocycles. The van der Waals surface area contributed by atoms with Crippen molar-refractivity contribution < 1.29 is 5.11 Å². The summed E-state index contributed by atoms with van der Waals surface area (Å²) in [6, 6.07) is 0.224. The van der Waals surface area contributed by atoms with Gasteiger partial charge >= 0.3 is 0 Å². The first kappa shape index (κ1) is 11.1. The highest BCUT2D eigenvalue weighted by molar-refractivity contribution is 5.00. The molecule has 1 aromatic rings. The van der Waals surface area contributed by atoms with Gasteiger partial charge in [0.05, 0.1) is 5.69 Å². The molecule has 78 valence electrons. The van der Waals surface area contributed by atoms with E-state index < -0.39 is 0 Å². The third-order valence-corrected chi connectivity index (χ3v) is 2.06. The first-order chi connectivity index (χ1) is 6.84. The van der Waals surface area contributed by atoms with Crippen LogP contribution in [0.4, 0.5) is 0 Å². The second-order valence-electron chi connectivity index (χ2n) is 3.24. The SMILES string of the molecule is CC(NCCCCO)c1cnccn1. The minimum Gasteiger partial charge on any atom is -0.396 e. The number of nitrogens with zero attached hydrogens (tertiary/aromatic N) is 2. The van der Waals surface area contributed by atoms with Crippen molar-refractivity contribution in [2.75, 3.05) is 13.2 Å². The molecule has 0 saturated carbocycles. The fourth-order valence-corrected chi connectivity index (χ4v) is 1.19. The van der Waals surface area contributed by atoms with E-state index in [1.165, 1.54) is 0 Å². The molecule has 0 aromatic carbocycles. The molecule has 0 bridgehead atoms. The van der Waals surface area contributed by atoms with E-state index in [0.717, 1.165) is 25.1 Å². The zero-order valence-corrected chi connectivity index (χ0v) is 8.48. The van der Waals surface area contributed by atoms with Crippen LogP contribution in [0.25, 0.3) is 0 Å². The van der Waals surface area contributed by atoms with Gasteiger partial charge in [0.15, 0.2) is 0 Å². The second kappa shape index (κ2) is 6.45. The summed E-state index contributed by atoms with van der Waals surface area (Å²) in [6.45, 7) is 3.22. The Morgan fingerprint density at radius 1 is 1.43 bits per heavy atom. The minimum absolute atomic E-state index is 0.224. The van der Waals surface area contributed by atoms with Gasteiger partial charge in [-0.15, -0.1) is 0 Å². The van der Waals surface area contributed by atoms with E-state index in [-0.39, 0.29) is 12.6 Å². The van der Waals surface area contributed by atoms with Gasteiger partial charge in [0, 0.05) is 31.2 Å². The van der Waals surface area contributed by atoms with Crippen LogP contribution in [0.3, 0.4) is 0 Å². The molecule has 14 heavy (non-hydrogen) atoms. The third-order valence-electron chi connectivity index (χ3n) is 2.06. The monoisotopic (exact) mass is 195 g/mol. The average molecular weight is 195 g/mol. The molecule has 0 spiro atoms. The fourth-order valence-electron chi connectivity index (χ4n) is 1.19. The Hall–Kier alpha value is -1.00. The van der Waals surface area contributed by atoms with Crippen molar-refractivity contribution in [2.45, 2.75) is 25.8 Å². The molecule has 1 heterocycles. The van der Waals surface area contributed by atoms with Crippen molar-refractivity contribution >= 4 is 0 Å². The van der Waals surface area contributed by atoms with E-state index >= 15 is 0 Å². The molecule has 0 aliphatic carbocycles. The smallest absolute Gasteiger partial charge is 0.0753 e. The zero-order chi connectivity index (χ0) is 10.2. The largest absolute Gasteiger partial charge is 0.396 e. The first-order valence-electron chi connectivity index (χ1n) is 4.94. The average Bonchev–Trinajstić information content (AvgIpc) is 2.25. The molecular weight excluding hydrogens is 178 g/mol. The highest BCUT2D eigenvalue weighted by atomic mass is 16.2. The van der Waals surface area contributed by atoms with Crippen molar-refractivity contribution in [3.63, 3.8) is 0 Å². The molecule has 0 amide bonds. The summed E-state index contributed by atoms with van der Waals surface area (Å²) in [5, 5.41) is 11.9. The third kappa shape index (κ3) is 3.81. The topological polar surface area (TPSA) is 58.0 Å². The van der Waals surface area contributed by atoms with Crippen molar-refractivity contribution in [3.8, 4) is 0 Å². The van der Waals surface area contributed by atoms with Gasteiger partial charge in [-0.25, -0.2) is 0 Å². The second-order valence-corrected chi connectivity index (χ2v) is 3.24. The standard InChI is InChI=1S/C10H17N3O/c1-9(12-4-2-3-7-14)10-8-11-5-6-13-10/h5-6,8-9,12,14H,2-4,7H2,1H3. The highest BCUT2D eigenvalue weighted by Gasteiger charge is 2.04. The van der Waals surface area contributed by atoms with Gasteiger partial charge in [-0.3, -0.25) is 9.97 Å². The van der Waals surface area contributed by atoms with E-state index in [1.807, 2.05) is 0 Å². The molecule has 0 aliphatic rings. The van der Waals surface area contributed by atoms with Crippen LogP contribution in [0.2, 0.25) is 0 Å². The van der Waals surface area contributed by atoms with Crippen LogP contribution in [-0.2, 0) is 0 Å². The Balaban J connectivity index is 2.25. The van der Waals surface area contributed by atoms with Gasteiger partial charge in [0.25, 0.3) is 0 Å². The van der Waals surface area contributed by atoms with E-state index in [4.69, 9.17) is 5.11 Å². The van der Waals surface area contributed by atoms with Crippen LogP contribution < -0.4 is 5.32 Å². The van der Waals surface area contributed by atoms with Gasteiger partial charge in [-0.2, -0.15) is 0 Å². The summed E-state index contributed by atoms with van der Waals surface area (Å²) in [5.41, 5.74) is 0.955. The molecule has 0 fully saturated rings. The normalized spacial score (nSPS) is 12.7. The number of hydrogen-bond acceptors (Lipinski definition) is 4. The van der Waals surface area contributed by atoms with Crippen molar-refractivity contribution in [1.82, 2.24) is 15.3 Å². The predicted octanol–water partition coefficient (Wildman–Crippen LogP) is 0.900. The van der Waals surface area contributed by atoms with Crippen molar-refractivity contribution in [1.29, 1.82) is 0 Å². The van der Waals surface area contributed by atoms with Crippen LogP contribution in [0.5, 0.6) is 0 Å². The lowest BCUT2D eigenvalue weighted by atomic mass is 10.2. The van der Waals surface area contributed by atoms with Gasteiger partial charge in [0.1, 0.15) is 0 Å². The molecule has 4 heteroatoms. The lowest BCUT2D eigenvalue weighted by molar-refractivity contribution is 0.283. The lowest BCUT2D eigenvalue weighted by Gasteiger charge is -2.11. The number of aliphatic hydroxyl groups is 1. The highest BCUT2D eigenvalue weighted by Crippen LogP contribution is 2.05. The number of nitrogens with one attached hydrogen (secondary N) is 1. The summed E-state index contributed by atoms with van der Waals surface area (Å²) in [5.74, 6) is 0. The maximum absolute atomic E-state index is 8.60. The van der Waals surface area contributed by atoms with Crippen molar-refractivity contribution in [2.24, 2.45) is 0 Å². The molecule has 1 atom stereocenters. The van der Waals surface area contributed by atoms with E-state index in [0.29, 0.717) is 0 Å². The first-order valence-corrected chi connectivity index (χ1v) is 4.94. The van der Waals surface area contributed by atoms with Gasteiger partial charge in [-0.1, -0.05) is 0 Å². The molecule has 0 radical (unpaired) electrons. The molecule has 1 unspecified atom stereocenters. The Bertz CT molecular complexity index is 240. The molecular formula is C10H17N3O. The van der Waals surface area contributed by atoms with Crippen LogP contribution in [0.15, 0.2) is 18.6 Å². The number of rotatable bonds is 6. The van der Waals surface area contributed by atoms with Gasteiger partial charge in [0.2, 0.25) is 0 Å². The molecule has 1 rings (SSSR count). The maximum Gasteiger partial charge on any atom is 0.0753 e. The number of unbranched alkanes of at least 4 members (excludes halogenated alkanes) is 1. The van der Waals surface area contributed by atoms with Crippen molar-refractivity contribution in [3.05, 3.63) is 24.3 Å². The molecule has 0 saturated heterocycles. The van der Waals surface area contributed by atoms with Crippen LogP contribution >= 0.6 is 0 Å². The fraction of sp³-hybridized carbons (Fsp3) is 0.600. The minimum atomic E-state index is 0.224. The Morgan fingerprint density at radius 3 is 2.93 bits per heavy atom. The molecule has 1 aromatic heterocycles. The Kier molecular flexibility index (Phi) is 5.11. The Morgan fingerprint density at radius 2 is 2.29 bits per heavy atom. The number of aliphatic hydroxyl groups excluding tert-OH is 1. The van der Waals surface area contributed by atoms with E-state index in [2.05, 4.69) is 22.2 Å². The van der Waals surface area contributed by atoms with E-state index in [9.17, 15) is 0 Å². The lowest BCUT2D eigenvalue weighted by Crippen LogP contribution is -2.21. The number of hydrogen-bond donors (Lipinski definition) is 2. The van der Waals surface area contributed by atoms with E-state index in [1.54, 1.807) is 18.6 Å². The summed E-state index contributed by atoms with van der Waals surface area (Å²) in [4.78, 5) is 8.21. The molecule has 4 nitrogen and oxygen atoms in total. The maximum atomic E-state index is 8.60. The van der Waals surface area contributed by atoms with Crippen LogP contribution in [0, 0.1) is 0 Å². The summed E-state index contributed by atoms with van der Waals surface area (Å²) in [6.07, 6.45) is 6.97. The Labute approximate surface area is 84.4 Å². The van der Waals surface area contributed by atoms with Crippen LogP contribution in [0.1, 0.15) is 31.5 Å². The van der Waals surface area contributed by atoms with Crippen LogP contribution in [-0.4, -0.2) is 28.2 Å². The summed E-state index contributed by atoms with van der Waals surface area (Å²) in [7, 11) is 0. The summed E-state index contributed by atoms with van der Waals surface area (Å²) >= 11 is 0.